The van der Waals surface area contributed by atoms with Gasteiger partial charge in [-0.3, -0.25) is 5.10 Å². The fourth-order valence-corrected chi connectivity index (χ4v) is 1.25. The van der Waals surface area contributed by atoms with Crippen molar-refractivity contribution in [1.82, 2.24) is 10.2 Å². The lowest BCUT2D eigenvalue weighted by atomic mass is 10.1. The van der Waals surface area contributed by atoms with Crippen LogP contribution in [0.4, 0.5) is 4.39 Å². The van der Waals surface area contributed by atoms with E-state index in [9.17, 15) is 4.39 Å². The summed E-state index contributed by atoms with van der Waals surface area (Å²) in [6.07, 6.45) is 1.58. The topological polar surface area (TPSA) is 52.5 Å². The van der Waals surface area contributed by atoms with E-state index in [1.807, 2.05) is 6.07 Å². The summed E-state index contributed by atoms with van der Waals surface area (Å²) in [6.45, 7) is 0. The van der Waals surface area contributed by atoms with Gasteiger partial charge in [-0.2, -0.15) is 10.4 Å². The van der Waals surface area contributed by atoms with Gasteiger partial charge in [0.1, 0.15) is 5.82 Å². The van der Waals surface area contributed by atoms with Crippen molar-refractivity contribution in [3.63, 3.8) is 0 Å². The highest BCUT2D eigenvalue weighted by Crippen LogP contribution is 2.21. The van der Waals surface area contributed by atoms with E-state index in [2.05, 4.69) is 10.2 Å². The van der Waals surface area contributed by atoms with Gasteiger partial charge in [-0.25, -0.2) is 4.39 Å². The highest BCUT2D eigenvalue weighted by atomic mass is 19.1. The number of hydrogen-bond donors (Lipinski definition) is 1. The first-order chi connectivity index (χ1) is 6.81. The van der Waals surface area contributed by atoms with Crippen molar-refractivity contribution in [2.24, 2.45) is 0 Å². The monoisotopic (exact) mass is 187 g/mol. The van der Waals surface area contributed by atoms with Crippen LogP contribution in [0.15, 0.2) is 30.5 Å². The molecule has 4 heteroatoms. The molecule has 1 heterocycles. The van der Waals surface area contributed by atoms with Gasteiger partial charge in [0.15, 0.2) is 0 Å². The molecule has 2 rings (SSSR count). The van der Waals surface area contributed by atoms with Crippen molar-refractivity contribution in [3.8, 4) is 17.3 Å². The van der Waals surface area contributed by atoms with Gasteiger partial charge in [-0.1, -0.05) is 0 Å². The molecule has 0 aliphatic rings. The third-order valence-electron chi connectivity index (χ3n) is 1.89. The molecule has 1 aromatic carbocycles. The zero-order valence-corrected chi connectivity index (χ0v) is 7.16. The molecule has 0 saturated heterocycles. The number of nitrogens with zero attached hydrogens (tertiary/aromatic N) is 2. The molecular weight excluding hydrogens is 181 g/mol. The second-order valence-corrected chi connectivity index (χ2v) is 2.77. The number of aromatic nitrogens is 2. The molecule has 0 aliphatic heterocycles. The Morgan fingerprint density at radius 1 is 1.36 bits per heavy atom. The Hall–Kier alpha value is -2.15. The molecular formula is C10H6FN3. The highest BCUT2D eigenvalue weighted by Gasteiger charge is 2.06. The summed E-state index contributed by atoms with van der Waals surface area (Å²) >= 11 is 0. The average Bonchev–Trinajstić information content (AvgIpc) is 2.70. The second-order valence-electron chi connectivity index (χ2n) is 2.77. The molecule has 0 atom stereocenters. The minimum Gasteiger partial charge on any atom is -0.278 e. The maximum absolute atomic E-state index is 12.8. The number of H-pyrrole nitrogens is 1. The minimum atomic E-state index is -0.412. The average molecular weight is 187 g/mol. The number of nitriles is 1. The first-order valence-corrected chi connectivity index (χ1v) is 4.00. The lowest BCUT2D eigenvalue weighted by Crippen LogP contribution is -1.86. The maximum atomic E-state index is 12.8. The van der Waals surface area contributed by atoms with Crippen molar-refractivity contribution in [3.05, 3.63) is 41.8 Å². The van der Waals surface area contributed by atoms with Gasteiger partial charge in [-0.15, -0.1) is 0 Å². The summed E-state index contributed by atoms with van der Waals surface area (Å²) in [5.74, 6) is -0.412. The van der Waals surface area contributed by atoms with E-state index in [1.165, 1.54) is 12.1 Å². The lowest BCUT2D eigenvalue weighted by Gasteiger charge is -1.99. The van der Waals surface area contributed by atoms with Gasteiger partial charge in [0.05, 0.1) is 17.3 Å². The number of hydrogen-bond acceptors (Lipinski definition) is 2. The molecule has 0 bridgehead atoms. The zero-order valence-electron chi connectivity index (χ0n) is 7.16. The van der Waals surface area contributed by atoms with Gasteiger partial charge >= 0.3 is 0 Å². The van der Waals surface area contributed by atoms with Crippen LogP contribution >= 0.6 is 0 Å². The Morgan fingerprint density at radius 3 is 2.86 bits per heavy atom. The Kier molecular flexibility index (Phi) is 1.99. The Bertz CT molecular complexity index is 483. The molecule has 0 spiro atoms. The summed E-state index contributed by atoms with van der Waals surface area (Å²) in [7, 11) is 0. The van der Waals surface area contributed by atoms with Crippen LogP contribution in [0.3, 0.4) is 0 Å². The van der Waals surface area contributed by atoms with Crippen LogP contribution in [-0.2, 0) is 0 Å². The van der Waals surface area contributed by atoms with Crippen LogP contribution in [-0.4, -0.2) is 10.2 Å². The van der Waals surface area contributed by atoms with Crippen LogP contribution < -0.4 is 0 Å². The van der Waals surface area contributed by atoms with E-state index in [-0.39, 0.29) is 0 Å². The molecule has 1 N–H and O–H groups in total. The molecule has 0 amide bonds. The van der Waals surface area contributed by atoms with E-state index in [0.717, 1.165) is 0 Å². The van der Waals surface area contributed by atoms with Gasteiger partial charge in [0, 0.05) is 11.8 Å². The Balaban J connectivity index is 2.60. The normalized spacial score (nSPS) is 9.71. The number of halogens is 1. The van der Waals surface area contributed by atoms with E-state index >= 15 is 0 Å². The predicted octanol–water partition coefficient (Wildman–Crippen LogP) is 2.09. The van der Waals surface area contributed by atoms with Gasteiger partial charge in [0.2, 0.25) is 0 Å². The maximum Gasteiger partial charge on any atom is 0.124 e. The number of rotatable bonds is 1. The summed E-state index contributed by atoms with van der Waals surface area (Å²) in [5.41, 5.74) is 1.67. The van der Waals surface area contributed by atoms with Crippen LogP contribution in [0.25, 0.3) is 11.3 Å². The number of aromatic amines is 1. The van der Waals surface area contributed by atoms with Crippen molar-refractivity contribution >= 4 is 0 Å². The Morgan fingerprint density at radius 2 is 2.21 bits per heavy atom. The molecule has 2 aromatic rings. The summed E-state index contributed by atoms with van der Waals surface area (Å²) in [6, 6.07) is 7.75. The van der Waals surface area contributed by atoms with E-state index < -0.39 is 5.82 Å². The smallest absolute Gasteiger partial charge is 0.124 e. The lowest BCUT2D eigenvalue weighted by molar-refractivity contribution is 0.627. The largest absolute Gasteiger partial charge is 0.278 e. The van der Waals surface area contributed by atoms with Gasteiger partial charge < -0.3 is 0 Å². The molecule has 0 radical (unpaired) electrons. The molecule has 68 valence electrons. The first kappa shape index (κ1) is 8.45. The second kappa shape index (κ2) is 3.30. The molecule has 0 fully saturated rings. The van der Waals surface area contributed by atoms with E-state index in [0.29, 0.717) is 16.8 Å². The van der Waals surface area contributed by atoms with Crippen molar-refractivity contribution < 1.29 is 4.39 Å². The van der Waals surface area contributed by atoms with Crippen molar-refractivity contribution in [1.29, 1.82) is 5.26 Å². The van der Waals surface area contributed by atoms with Crippen molar-refractivity contribution in [2.75, 3.05) is 0 Å². The SMILES string of the molecule is N#Cc1cc(F)ccc1-c1ccn[nH]1. The predicted molar refractivity (Wildman–Crippen MR) is 48.7 cm³/mol. The standard InChI is InChI=1S/C10H6FN3/c11-8-1-2-9(7(5-8)6-12)10-3-4-13-14-10/h1-5H,(H,13,14). The van der Waals surface area contributed by atoms with Gasteiger partial charge in [0.25, 0.3) is 0 Å². The quantitative estimate of drug-likeness (QED) is 0.743. The fraction of sp³-hybridized carbons (Fsp3) is 0. The zero-order chi connectivity index (χ0) is 9.97. The van der Waals surface area contributed by atoms with Crippen LogP contribution in [0, 0.1) is 17.1 Å². The Labute approximate surface area is 79.8 Å². The van der Waals surface area contributed by atoms with Crippen LogP contribution in [0.5, 0.6) is 0 Å². The summed E-state index contributed by atoms with van der Waals surface area (Å²) in [5, 5.41) is 15.3. The number of benzene rings is 1. The summed E-state index contributed by atoms with van der Waals surface area (Å²) in [4.78, 5) is 0. The molecule has 1 aromatic heterocycles. The van der Waals surface area contributed by atoms with E-state index in [1.54, 1.807) is 18.3 Å². The summed E-state index contributed by atoms with van der Waals surface area (Å²) < 4.78 is 12.8. The third-order valence-corrected chi connectivity index (χ3v) is 1.89. The van der Waals surface area contributed by atoms with Crippen LogP contribution in [0.2, 0.25) is 0 Å². The molecule has 0 aliphatic carbocycles. The minimum absolute atomic E-state index is 0.300. The third kappa shape index (κ3) is 1.36. The molecule has 14 heavy (non-hydrogen) atoms. The fourth-order valence-electron chi connectivity index (χ4n) is 1.25. The number of nitrogens with one attached hydrogen (secondary N) is 1. The highest BCUT2D eigenvalue weighted by molar-refractivity contribution is 5.66. The molecule has 0 saturated carbocycles. The van der Waals surface area contributed by atoms with Crippen molar-refractivity contribution in [2.45, 2.75) is 0 Å². The van der Waals surface area contributed by atoms with Gasteiger partial charge in [-0.05, 0) is 24.3 Å². The van der Waals surface area contributed by atoms with E-state index in [4.69, 9.17) is 5.26 Å². The molecule has 0 unspecified atom stereocenters. The molecule has 3 nitrogen and oxygen atoms in total. The van der Waals surface area contributed by atoms with Crippen LogP contribution in [0.1, 0.15) is 5.56 Å². The first-order valence-electron chi connectivity index (χ1n) is 4.00.